The first kappa shape index (κ1) is 22.5. The van der Waals surface area contributed by atoms with E-state index in [1.807, 2.05) is 31.2 Å². The highest BCUT2D eigenvalue weighted by Crippen LogP contribution is 2.24. The highest BCUT2D eigenvalue weighted by molar-refractivity contribution is 7.99. The van der Waals surface area contributed by atoms with Crippen LogP contribution in [0.25, 0.3) is 11.2 Å². The lowest BCUT2D eigenvalue weighted by Crippen LogP contribution is -2.37. The first-order valence-corrected chi connectivity index (χ1v) is 11.1. The number of para-hydroxylation sites is 1. The zero-order valence-electron chi connectivity index (χ0n) is 18.3. The Hall–Kier alpha value is -3.66. The van der Waals surface area contributed by atoms with E-state index in [0.717, 1.165) is 27.5 Å². The van der Waals surface area contributed by atoms with E-state index in [1.165, 1.54) is 29.8 Å². The summed E-state index contributed by atoms with van der Waals surface area (Å²) in [7, 11) is 2.97. The molecule has 4 rings (SSSR count). The Morgan fingerprint density at radius 2 is 1.76 bits per heavy atom. The molecule has 10 heteroatoms. The molecule has 2 aromatic carbocycles. The van der Waals surface area contributed by atoms with E-state index in [4.69, 9.17) is 0 Å². The Morgan fingerprint density at radius 1 is 1.06 bits per heavy atom. The first-order chi connectivity index (χ1) is 15.8. The van der Waals surface area contributed by atoms with Gasteiger partial charge < -0.3 is 9.88 Å². The van der Waals surface area contributed by atoms with E-state index in [1.54, 1.807) is 17.7 Å². The molecular weight excluding hydrogens is 445 g/mol. The zero-order valence-corrected chi connectivity index (χ0v) is 19.1. The van der Waals surface area contributed by atoms with Gasteiger partial charge >= 0.3 is 5.69 Å². The molecule has 0 saturated heterocycles. The molecule has 0 radical (unpaired) electrons. The molecule has 2 heterocycles. The summed E-state index contributed by atoms with van der Waals surface area (Å²) in [6.07, 6.45) is 0. The second-order valence-electron chi connectivity index (χ2n) is 7.66. The van der Waals surface area contributed by atoms with Crippen molar-refractivity contribution in [3.8, 4) is 0 Å². The smallest absolute Gasteiger partial charge is 0.323 e. The average Bonchev–Trinajstić information content (AvgIpc) is 3.16. The Kier molecular flexibility index (Phi) is 6.19. The summed E-state index contributed by atoms with van der Waals surface area (Å²) in [5.74, 6) is -0.999. The van der Waals surface area contributed by atoms with Crippen molar-refractivity contribution >= 4 is 34.5 Å². The standard InChI is InChI=1S/C23H22FN5O3S/c1-14-8-10-15(11-9-14)12-29-19-20(27(2)23(32)28(3)21(19)31)26-22(29)33-13-18(30)25-17-7-5-4-6-16(17)24/h4-11H,12-13H2,1-3H3,(H,25,30). The number of hydrogen-bond acceptors (Lipinski definition) is 5. The zero-order chi connectivity index (χ0) is 23.7. The average molecular weight is 468 g/mol. The Labute approximate surface area is 192 Å². The number of aromatic nitrogens is 4. The van der Waals surface area contributed by atoms with Crippen LogP contribution in [0.15, 0.2) is 63.3 Å². The number of fused-ring (bicyclic) bond motifs is 1. The van der Waals surface area contributed by atoms with Gasteiger partial charge in [0.1, 0.15) is 5.82 Å². The van der Waals surface area contributed by atoms with Crippen LogP contribution in [0.5, 0.6) is 0 Å². The molecule has 0 aliphatic heterocycles. The number of hydrogen-bond donors (Lipinski definition) is 1. The third kappa shape index (κ3) is 4.47. The van der Waals surface area contributed by atoms with Crippen LogP contribution in [0.2, 0.25) is 0 Å². The largest absolute Gasteiger partial charge is 0.332 e. The van der Waals surface area contributed by atoms with Gasteiger partial charge in [0.2, 0.25) is 5.91 Å². The number of benzene rings is 2. The molecule has 0 unspecified atom stereocenters. The van der Waals surface area contributed by atoms with Crippen LogP contribution in [-0.4, -0.2) is 30.3 Å². The molecule has 4 aromatic rings. The number of nitrogens with zero attached hydrogens (tertiary/aromatic N) is 4. The number of amides is 1. The van der Waals surface area contributed by atoms with E-state index >= 15 is 0 Å². The molecule has 33 heavy (non-hydrogen) atoms. The van der Waals surface area contributed by atoms with Gasteiger partial charge in [-0.3, -0.25) is 18.7 Å². The van der Waals surface area contributed by atoms with Gasteiger partial charge in [-0.05, 0) is 24.6 Å². The minimum Gasteiger partial charge on any atom is -0.323 e. The fourth-order valence-electron chi connectivity index (χ4n) is 3.44. The number of imidazole rings is 1. The SMILES string of the molecule is Cc1ccc(Cn2c(SCC(=O)Nc3ccccc3F)nc3c2c(=O)n(C)c(=O)n3C)cc1. The topological polar surface area (TPSA) is 90.9 Å². The molecule has 0 bridgehead atoms. The van der Waals surface area contributed by atoms with Crippen LogP contribution in [0.1, 0.15) is 11.1 Å². The second-order valence-corrected chi connectivity index (χ2v) is 8.60. The van der Waals surface area contributed by atoms with Crippen molar-refractivity contribution in [1.82, 2.24) is 18.7 Å². The molecule has 0 aliphatic rings. The molecule has 0 atom stereocenters. The number of carbonyl (C=O) groups is 1. The lowest BCUT2D eigenvalue weighted by atomic mass is 10.1. The molecule has 0 fully saturated rings. The van der Waals surface area contributed by atoms with Crippen LogP contribution in [0.4, 0.5) is 10.1 Å². The van der Waals surface area contributed by atoms with Gasteiger partial charge in [-0.15, -0.1) is 0 Å². The fourth-order valence-corrected chi connectivity index (χ4v) is 4.23. The third-order valence-electron chi connectivity index (χ3n) is 5.25. The first-order valence-electron chi connectivity index (χ1n) is 10.1. The van der Waals surface area contributed by atoms with Gasteiger partial charge in [-0.2, -0.15) is 0 Å². The van der Waals surface area contributed by atoms with Crippen molar-refractivity contribution in [2.24, 2.45) is 14.1 Å². The highest BCUT2D eigenvalue weighted by atomic mass is 32.2. The summed E-state index contributed by atoms with van der Waals surface area (Å²) in [6.45, 7) is 2.32. The molecule has 0 saturated carbocycles. The van der Waals surface area contributed by atoms with Crippen molar-refractivity contribution in [3.05, 3.63) is 86.3 Å². The van der Waals surface area contributed by atoms with Crippen molar-refractivity contribution in [3.63, 3.8) is 0 Å². The van der Waals surface area contributed by atoms with Gasteiger partial charge in [0.05, 0.1) is 18.0 Å². The van der Waals surface area contributed by atoms with Gasteiger partial charge in [0, 0.05) is 14.1 Å². The lowest BCUT2D eigenvalue weighted by Gasteiger charge is -2.10. The predicted molar refractivity (Wildman–Crippen MR) is 126 cm³/mol. The maximum atomic E-state index is 13.8. The van der Waals surface area contributed by atoms with Crippen LogP contribution >= 0.6 is 11.8 Å². The molecule has 0 aliphatic carbocycles. The van der Waals surface area contributed by atoms with Crippen molar-refractivity contribution in [2.45, 2.75) is 18.6 Å². The summed E-state index contributed by atoms with van der Waals surface area (Å²) in [6, 6.07) is 13.7. The van der Waals surface area contributed by atoms with Gasteiger partial charge in [0.25, 0.3) is 5.56 Å². The number of anilines is 1. The van der Waals surface area contributed by atoms with Crippen molar-refractivity contribution in [2.75, 3.05) is 11.1 Å². The highest BCUT2D eigenvalue weighted by Gasteiger charge is 2.20. The normalized spacial score (nSPS) is 11.2. The van der Waals surface area contributed by atoms with Gasteiger partial charge in [-0.1, -0.05) is 53.7 Å². The summed E-state index contributed by atoms with van der Waals surface area (Å²) >= 11 is 1.11. The summed E-state index contributed by atoms with van der Waals surface area (Å²) in [5, 5.41) is 2.95. The Morgan fingerprint density at radius 3 is 2.45 bits per heavy atom. The second kappa shape index (κ2) is 9.07. The summed E-state index contributed by atoms with van der Waals surface area (Å²) in [5.41, 5.74) is 1.70. The van der Waals surface area contributed by atoms with Crippen molar-refractivity contribution < 1.29 is 9.18 Å². The van der Waals surface area contributed by atoms with Crippen LogP contribution in [-0.2, 0) is 25.4 Å². The maximum absolute atomic E-state index is 13.8. The van der Waals surface area contributed by atoms with E-state index in [-0.39, 0.29) is 22.6 Å². The molecule has 1 amide bonds. The number of nitrogens with one attached hydrogen (secondary N) is 1. The summed E-state index contributed by atoms with van der Waals surface area (Å²) < 4.78 is 17.9. The van der Waals surface area contributed by atoms with Gasteiger partial charge in [0.15, 0.2) is 16.3 Å². The number of thioether (sulfide) groups is 1. The van der Waals surface area contributed by atoms with Crippen molar-refractivity contribution in [1.29, 1.82) is 0 Å². The molecule has 2 aromatic heterocycles. The molecular formula is C23H22FN5O3S. The number of halogens is 1. The summed E-state index contributed by atoms with van der Waals surface area (Å²) in [4.78, 5) is 42.3. The number of aryl methyl sites for hydroxylation is 2. The molecule has 0 spiro atoms. The van der Waals surface area contributed by atoms with E-state index in [9.17, 15) is 18.8 Å². The molecule has 170 valence electrons. The lowest BCUT2D eigenvalue weighted by molar-refractivity contribution is -0.113. The third-order valence-corrected chi connectivity index (χ3v) is 6.23. The number of rotatable bonds is 6. The van der Waals surface area contributed by atoms with Gasteiger partial charge in [-0.25, -0.2) is 14.2 Å². The van der Waals surface area contributed by atoms with Crippen LogP contribution in [0.3, 0.4) is 0 Å². The van der Waals surface area contributed by atoms with E-state index < -0.39 is 23.0 Å². The maximum Gasteiger partial charge on any atom is 0.332 e. The quantitative estimate of drug-likeness (QED) is 0.441. The van der Waals surface area contributed by atoms with E-state index in [0.29, 0.717) is 11.7 Å². The monoisotopic (exact) mass is 467 g/mol. The van der Waals surface area contributed by atoms with Crippen LogP contribution in [0, 0.1) is 12.7 Å². The Bertz CT molecular complexity index is 1470. The molecule has 8 nitrogen and oxygen atoms in total. The van der Waals surface area contributed by atoms with E-state index in [2.05, 4.69) is 10.3 Å². The molecule has 1 N–H and O–H groups in total. The fraction of sp³-hybridized carbons (Fsp3) is 0.217. The number of carbonyl (C=O) groups excluding carboxylic acids is 1. The predicted octanol–water partition coefficient (Wildman–Crippen LogP) is 2.66. The minimum atomic E-state index is -0.527. The minimum absolute atomic E-state index is 0.0557. The Balaban J connectivity index is 1.71. The van der Waals surface area contributed by atoms with Crippen LogP contribution < -0.4 is 16.6 Å².